The lowest BCUT2D eigenvalue weighted by molar-refractivity contribution is 0.0639. The van der Waals surface area contributed by atoms with E-state index in [4.69, 9.17) is 14.6 Å². The first-order valence-electron chi connectivity index (χ1n) is 4.91. The third kappa shape index (κ3) is 1.36. The Balaban J connectivity index is 2.27. The highest BCUT2D eigenvalue weighted by molar-refractivity contribution is 5.90. The van der Waals surface area contributed by atoms with Crippen LogP contribution in [0, 0.1) is 0 Å². The summed E-state index contributed by atoms with van der Waals surface area (Å²) in [7, 11) is 0. The first kappa shape index (κ1) is 9.76. The molecule has 88 valence electrons. The van der Waals surface area contributed by atoms with Crippen molar-refractivity contribution in [2.75, 3.05) is 13.2 Å². The summed E-state index contributed by atoms with van der Waals surface area (Å²) in [4.78, 5) is 14.6. The van der Waals surface area contributed by atoms with E-state index in [9.17, 15) is 10.0 Å². The number of carbonyl (C=O) groups is 1. The summed E-state index contributed by atoms with van der Waals surface area (Å²) in [5.41, 5.74) is 0.612. The second-order valence-electron chi connectivity index (χ2n) is 3.54. The molecular formula is C10H8N2O5. The number of hydrogen-bond donors (Lipinski definition) is 2. The maximum absolute atomic E-state index is 10.8. The van der Waals surface area contributed by atoms with Crippen LogP contribution in [0.5, 0.6) is 11.5 Å². The molecule has 0 aliphatic carbocycles. The Labute approximate surface area is 94.8 Å². The molecule has 0 saturated carbocycles. The fourth-order valence-corrected chi connectivity index (χ4v) is 1.74. The Kier molecular flexibility index (Phi) is 1.88. The average molecular weight is 236 g/mol. The highest BCUT2D eigenvalue weighted by atomic mass is 16.6. The van der Waals surface area contributed by atoms with Crippen LogP contribution in [0.25, 0.3) is 11.0 Å². The van der Waals surface area contributed by atoms with Gasteiger partial charge in [-0.1, -0.05) is 0 Å². The summed E-state index contributed by atoms with van der Waals surface area (Å²) in [6, 6.07) is 3.05. The number of benzene rings is 1. The van der Waals surface area contributed by atoms with Crippen LogP contribution in [0.15, 0.2) is 12.1 Å². The van der Waals surface area contributed by atoms with Crippen LogP contribution >= 0.6 is 0 Å². The predicted molar refractivity (Wildman–Crippen MR) is 54.9 cm³/mol. The van der Waals surface area contributed by atoms with Crippen LogP contribution < -0.4 is 9.47 Å². The lowest BCUT2D eigenvalue weighted by atomic mass is 10.2. The topological polar surface area (TPSA) is 93.8 Å². The van der Waals surface area contributed by atoms with E-state index in [0.717, 1.165) is 0 Å². The number of hydrogen-bond acceptors (Lipinski definition) is 5. The zero-order valence-electron chi connectivity index (χ0n) is 8.58. The number of carboxylic acid groups (broad SMARTS) is 1. The molecule has 2 aromatic rings. The second kappa shape index (κ2) is 3.27. The van der Waals surface area contributed by atoms with Gasteiger partial charge in [-0.3, -0.25) is 0 Å². The Hall–Kier alpha value is -2.44. The summed E-state index contributed by atoms with van der Waals surface area (Å²) in [6.45, 7) is 0.855. The van der Waals surface area contributed by atoms with Crippen LogP contribution in [0.4, 0.5) is 0 Å². The first-order valence-corrected chi connectivity index (χ1v) is 4.91. The fourth-order valence-electron chi connectivity index (χ4n) is 1.74. The number of aromatic nitrogens is 2. The van der Waals surface area contributed by atoms with Gasteiger partial charge in [-0.25, -0.2) is 9.78 Å². The normalized spacial score (nSPS) is 13.9. The van der Waals surface area contributed by atoms with Gasteiger partial charge in [-0.05, 0) is 0 Å². The van der Waals surface area contributed by atoms with Crippen LogP contribution in [-0.2, 0) is 0 Å². The minimum absolute atomic E-state index is 0.270. The Morgan fingerprint density at radius 1 is 1.29 bits per heavy atom. The monoisotopic (exact) mass is 236 g/mol. The molecule has 1 aliphatic heterocycles. The molecule has 2 heterocycles. The molecule has 0 atom stereocenters. The van der Waals surface area contributed by atoms with E-state index in [2.05, 4.69) is 4.98 Å². The van der Waals surface area contributed by atoms with Crippen LogP contribution in [0.2, 0.25) is 0 Å². The minimum Gasteiger partial charge on any atom is -0.486 e. The number of fused-ring (bicyclic) bond motifs is 2. The molecule has 0 unspecified atom stereocenters. The Bertz CT molecular complexity index is 619. The van der Waals surface area contributed by atoms with Gasteiger partial charge in [0.2, 0.25) is 0 Å². The fraction of sp³-hybridized carbons (Fsp3) is 0.200. The third-order valence-electron chi connectivity index (χ3n) is 2.49. The molecule has 3 rings (SSSR count). The number of ether oxygens (including phenoxy) is 2. The molecule has 7 heteroatoms. The molecule has 2 N–H and O–H groups in total. The SMILES string of the molecule is O=C(O)c1nc2cc3c(cc2n1O)OCCO3. The van der Waals surface area contributed by atoms with E-state index in [1.165, 1.54) is 6.07 Å². The number of nitrogens with zero attached hydrogens (tertiary/aromatic N) is 2. The van der Waals surface area contributed by atoms with Gasteiger partial charge in [0.1, 0.15) is 18.7 Å². The van der Waals surface area contributed by atoms with Crippen LogP contribution in [0.1, 0.15) is 10.6 Å². The molecule has 0 spiro atoms. The highest BCUT2D eigenvalue weighted by Crippen LogP contribution is 2.34. The summed E-state index contributed by atoms with van der Waals surface area (Å²) >= 11 is 0. The predicted octanol–water partition coefficient (Wildman–Crippen LogP) is 0.743. The van der Waals surface area contributed by atoms with Crippen molar-refractivity contribution in [2.24, 2.45) is 0 Å². The van der Waals surface area contributed by atoms with E-state index < -0.39 is 11.8 Å². The molecule has 1 aromatic carbocycles. The quantitative estimate of drug-likeness (QED) is 0.709. The van der Waals surface area contributed by atoms with Crippen molar-refractivity contribution in [3.8, 4) is 11.5 Å². The number of rotatable bonds is 1. The van der Waals surface area contributed by atoms with Crippen molar-refractivity contribution < 1.29 is 24.6 Å². The van der Waals surface area contributed by atoms with Gasteiger partial charge >= 0.3 is 5.97 Å². The van der Waals surface area contributed by atoms with Crippen molar-refractivity contribution in [3.05, 3.63) is 18.0 Å². The highest BCUT2D eigenvalue weighted by Gasteiger charge is 2.20. The van der Waals surface area contributed by atoms with Crippen molar-refractivity contribution in [1.29, 1.82) is 0 Å². The summed E-state index contributed by atoms with van der Waals surface area (Å²) in [5, 5.41) is 18.5. The lowest BCUT2D eigenvalue weighted by Crippen LogP contribution is -2.15. The van der Waals surface area contributed by atoms with E-state index in [0.29, 0.717) is 35.0 Å². The number of imidazole rings is 1. The van der Waals surface area contributed by atoms with Gasteiger partial charge in [0, 0.05) is 12.1 Å². The van der Waals surface area contributed by atoms with Gasteiger partial charge in [-0.2, -0.15) is 4.73 Å². The zero-order chi connectivity index (χ0) is 12.0. The molecule has 0 saturated heterocycles. The van der Waals surface area contributed by atoms with Crippen LogP contribution in [-0.4, -0.2) is 39.2 Å². The maximum Gasteiger partial charge on any atom is 0.375 e. The molecule has 0 fully saturated rings. The molecule has 1 aliphatic rings. The van der Waals surface area contributed by atoms with Crippen LogP contribution in [0.3, 0.4) is 0 Å². The smallest absolute Gasteiger partial charge is 0.375 e. The molecule has 0 radical (unpaired) electrons. The third-order valence-corrected chi connectivity index (χ3v) is 2.49. The largest absolute Gasteiger partial charge is 0.486 e. The number of aromatic carboxylic acids is 1. The summed E-state index contributed by atoms with van der Waals surface area (Å²) < 4.78 is 11.2. The molecule has 17 heavy (non-hydrogen) atoms. The molecular weight excluding hydrogens is 228 g/mol. The minimum atomic E-state index is -1.30. The van der Waals surface area contributed by atoms with Crippen molar-refractivity contribution >= 4 is 17.0 Å². The Morgan fingerprint density at radius 2 is 1.94 bits per heavy atom. The van der Waals surface area contributed by atoms with Gasteiger partial charge in [0.05, 0.1) is 5.52 Å². The average Bonchev–Trinajstić information content (AvgIpc) is 2.64. The molecule has 0 bridgehead atoms. The van der Waals surface area contributed by atoms with Gasteiger partial charge < -0.3 is 19.8 Å². The standard InChI is InChI=1S/C10H8N2O5/c13-10(14)9-11-5-3-7-8(17-2-1-16-7)4-6(5)12(9)15/h3-4,15H,1-2H2,(H,13,14). The first-order chi connectivity index (χ1) is 8.16. The van der Waals surface area contributed by atoms with E-state index >= 15 is 0 Å². The molecule has 1 aromatic heterocycles. The van der Waals surface area contributed by atoms with Crippen molar-refractivity contribution in [2.45, 2.75) is 0 Å². The summed E-state index contributed by atoms with van der Waals surface area (Å²) in [5.74, 6) is -0.777. The van der Waals surface area contributed by atoms with E-state index in [-0.39, 0.29) is 5.52 Å². The van der Waals surface area contributed by atoms with Gasteiger partial charge in [0.25, 0.3) is 5.82 Å². The summed E-state index contributed by atoms with van der Waals surface area (Å²) in [6.07, 6.45) is 0. The van der Waals surface area contributed by atoms with E-state index in [1.54, 1.807) is 6.07 Å². The van der Waals surface area contributed by atoms with E-state index in [1.807, 2.05) is 0 Å². The molecule has 0 amide bonds. The Morgan fingerprint density at radius 3 is 2.59 bits per heavy atom. The van der Waals surface area contributed by atoms with Crippen molar-refractivity contribution in [1.82, 2.24) is 9.71 Å². The maximum atomic E-state index is 10.8. The number of carboxylic acids is 1. The lowest BCUT2D eigenvalue weighted by Gasteiger charge is -2.17. The second-order valence-corrected chi connectivity index (χ2v) is 3.54. The van der Waals surface area contributed by atoms with Gasteiger partial charge in [0.15, 0.2) is 11.5 Å². The molecule has 7 nitrogen and oxygen atoms in total. The van der Waals surface area contributed by atoms with Crippen molar-refractivity contribution in [3.63, 3.8) is 0 Å². The van der Waals surface area contributed by atoms with Gasteiger partial charge in [-0.15, -0.1) is 0 Å². The zero-order valence-corrected chi connectivity index (χ0v) is 8.58.